The highest BCUT2D eigenvalue weighted by atomic mass is 127. The number of carbonyl (C=O) groups excluding carboxylic acids is 1. The molecule has 0 aliphatic heterocycles. The van der Waals surface area contributed by atoms with Crippen LogP contribution in [-0.4, -0.2) is 35.3 Å². The number of halogens is 1. The molecular weight excluding hydrogens is 499 g/mol. The number of ether oxygens (including phenoxy) is 1. The Balaban J connectivity index is 1.50. The van der Waals surface area contributed by atoms with Crippen LogP contribution in [0.3, 0.4) is 0 Å². The Labute approximate surface area is 185 Å². The Hall–Kier alpha value is -2.99. The smallest absolute Gasteiger partial charge is 0.391 e. The maximum Gasteiger partial charge on any atom is 0.414 e. The fourth-order valence-corrected chi connectivity index (χ4v) is 3.50. The van der Waals surface area contributed by atoms with Gasteiger partial charge in [0.15, 0.2) is 5.65 Å². The summed E-state index contributed by atoms with van der Waals surface area (Å²) >= 11 is 2.12. The van der Waals surface area contributed by atoms with Gasteiger partial charge in [0, 0.05) is 37.6 Å². The number of aliphatic hydroxyl groups excluding tert-OH is 1. The van der Waals surface area contributed by atoms with Crippen molar-refractivity contribution in [2.24, 2.45) is 7.05 Å². The molecule has 0 aliphatic carbocycles. The third-order valence-corrected chi connectivity index (χ3v) is 5.78. The van der Waals surface area contributed by atoms with E-state index in [2.05, 4.69) is 43.0 Å². The van der Waals surface area contributed by atoms with Gasteiger partial charge in [0.1, 0.15) is 5.82 Å². The Bertz CT molecular complexity index is 1230. The first-order valence-electron chi connectivity index (χ1n) is 9.14. The van der Waals surface area contributed by atoms with Gasteiger partial charge in [-0.3, -0.25) is 0 Å². The first kappa shape index (κ1) is 20.3. The lowest BCUT2D eigenvalue weighted by Crippen LogP contribution is -2.27. The lowest BCUT2D eigenvalue weighted by atomic mass is 10.1. The van der Waals surface area contributed by atoms with Crippen molar-refractivity contribution in [1.29, 1.82) is 0 Å². The van der Waals surface area contributed by atoms with E-state index in [-0.39, 0.29) is 19.0 Å². The van der Waals surface area contributed by atoms with Crippen molar-refractivity contribution < 1.29 is 14.6 Å². The standard InChI is InChI=1S/C20H19IN6O3/c1-12-17(21)19-24-15(11-28)9-16(27(19)25-12)30-20(29)23-10-13-4-3-5-14(8-13)18-22-6-7-26(18)2/h3-9,28H,10-11H2,1-2H3,(H,23,29). The van der Waals surface area contributed by atoms with Crippen LogP contribution in [0.1, 0.15) is 17.0 Å². The number of aryl methyl sites for hydroxylation is 2. The van der Waals surface area contributed by atoms with E-state index in [9.17, 15) is 9.90 Å². The van der Waals surface area contributed by atoms with Crippen LogP contribution in [0.4, 0.5) is 4.79 Å². The number of fused-ring (bicyclic) bond motifs is 1. The summed E-state index contributed by atoms with van der Waals surface area (Å²) in [6.07, 6.45) is 2.99. The zero-order valence-corrected chi connectivity index (χ0v) is 18.5. The monoisotopic (exact) mass is 518 g/mol. The number of hydrogen-bond donors (Lipinski definition) is 2. The van der Waals surface area contributed by atoms with E-state index in [1.807, 2.05) is 49.0 Å². The molecule has 1 aromatic carbocycles. The minimum absolute atomic E-state index is 0.189. The van der Waals surface area contributed by atoms with Crippen LogP contribution < -0.4 is 10.1 Å². The summed E-state index contributed by atoms with van der Waals surface area (Å²) in [6, 6.07) is 9.27. The largest absolute Gasteiger partial charge is 0.414 e. The molecule has 0 saturated heterocycles. The average molecular weight is 518 g/mol. The van der Waals surface area contributed by atoms with Crippen molar-refractivity contribution in [2.75, 3.05) is 0 Å². The number of nitrogens with one attached hydrogen (secondary N) is 1. The van der Waals surface area contributed by atoms with Crippen LogP contribution in [0.25, 0.3) is 17.0 Å². The molecule has 0 bridgehead atoms. The third-order valence-electron chi connectivity index (χ3n) is 4.52. The predicted molar refractivity (Wildman–Crippen MR) is 118 cm³/mol. The van der Waals surface area contributed by atoms with E-state index < -0.39 is 6.09 Å². The number of aliphatic hydroxyl groups is 1. The molecule has 1 amide bonds. The van der Waals surface area contributed by atoms with Gasteiger partial charge in [0.2, 0.25) is 5.88 Å². The Kier molecular flexibility index (Phi) is 5.68. The molecule has 2 N–H and O–H groups in total. The summed E-state index contributed by atoms with van der Waals surface area (Å²) in [5.41, 5.74) is 3.55. The Morgan fingerprint density at radius 1 is 1.33 bits per heavy atom. The van der Waals surface area contributed by atoms with Crippen molar-refractivity contribution in [3.8, 4) is 17.3 Å². The third kappa shape index (κ3) is 4.00. The van der Waals surface area contributed by atoms with E-state index in [4.69, 9.17) is 4.74 Å². The van der Waals surface area contributed by atoms with Crippen LogP contribution in [0.15, 0.2) is 42.7 Å². The molecule has 0 fully saturated rings. The first-order valence-corrected chi connectivity index (χ1v) is 10.2. The lowest BCUT2D eigenvalue weighted by molar-refractivity contribution is 0.196. The molecular formula is C20H19IN6O3. The molecule has 0 aliphatic rings. The van der Waals surface area contributed by atoms with Gasteiger partial charge in [0.25, 0.3) is 0 Å². The highest BCUT2D eigenvalue weighted by Gasteiger charge is 2.16. The lowest BCUT2D eigenvalue weighted by Gasteiger charge is -2.10. The van der Waals surface area contributed by atoms with Gasteiger partial charge < -0.3 is 19.7 Å². The van der Waals surface area contributed by atoms with E-state index >= 15 is 0 Å². The molecule has 10 heteroatoms. The number of aromatic nitrogens is 5. The summed E-state index contributed by atoms with van der Waals surface area (Å²) < 4.78 is 9.68. The zero-order chi connectivity index (χ0) is 21.3. The second kappa shape index (κ2) is 8.40. The molecule has 30 heavy (non-hydrogen) atoms. The minimum atomic E-state index is -0.628. The van der Waals surface area contributed by atoms with Gasteiger partial charge in [-0.2, -0.15) is 9.61 Å². The fraction of sp³-hybridized carbons (Fsp3) is 0.200. The Morgan fingerprint density at radius 2 is 2.17 bits per heavy atom. The average Bonchev–Trinajstić information content (AvgIpc) is 3.30. The molecule has 0 radical (unpaired) electrons. The molecule has 0 spiro atoms. The van der Waals surface area contributed by atoms with Crippen molar-refractivity contribution in [3.05, 3.63) is 63.2 Å². The van der Waals surface area contributed by atoms with Crippen LogP contribution in [-0.2, 0) is 20.2 Å². The van der Waals surface area contributed by atoms with Crippen molar-refractivity contribution in [1.82, 2.24) is 29.5 Å². The summed E-state index contributed by atoms with van der Waals surface area (Å²) in [5, 5.41) is 16.6. The minimum Gasteiger partial charge on any atom is -0.391 e. The number of benzene rings is 1. The van der Waals surface area contributed by atoms with Crippen molar-refractivity contribution in [3.63, 3.8) is 0 Å². The van der Waals surface area contributed by atoms with Crippen LogP contribution in [0.2, 0.25) is 0 Å². The SMILES string of the molecule is Cc1nn2c(OC(=O)NCc3cccc(-c4nccn4C)c3)cc(CO)nc2c1I. The molecule has 0 saturated carbocycles. The van der Waals surface area contributed by atoms with Gasteiger partial charge in [-0.15, -0.1) is 0 Å². The number of imidazole rings is 1. The maximum atomic E-state index is 12.4. The number of hydrogen-bond acceptors (Lipinski definition) is 6. The molecule has 9 nitrogen and oxygen atoms in total. The molecule has 3 heterocycles. The maximum absolute atomic E-state index is 12.4. The summed E-state index contributed by atoms with van der Waals surface area (Å²) in [5.74, 6) is 1.04. The molecule has 3 aromatic heterocycles. The van der Waals surface area contributed by atoms with Gasteiger partial charge in [-0.25, -0.2) is 14.8 Å². The quantitative estimate of drug-likeness (QED) is 0.394. The molecule has 154 valence electrons. The molecule has 0 atom stereocenters. The summed E-state index contributed by atoms with van der Waals surface area (Å²) in [6.45, 7) is 1.86. The van der Waals surface area contributed by atoms with E-state index in [1.165, 1.54) is 10.6 Å². The first-order chi connectivity index (χ1) is 14.5. The second-order valence-electron chi connectivity index (χ2n) is 6.68. The van der Waals surface area contributed by atoms with Crippen LogP contribution in [0, 0.1) is 10.5 Å². The van der Waals surface area contributed by atoms with Crippen LogP contribution >= 0.6 is 22.6 Å². The summed E-state index contributed by atoms with van der Waals surface area (Å²) in [4.78, 5) is 21.1. The number of carbonyl (C=O) groups is 1. The molecule has 4 rings (SSSR count). The normalized spacial score (nSPS) is 11.1. The highest BCUT2D eigenvalue weighted by Crippen LogP contribution is 2.22. The number of amides is 1. The Morgan fingerprint density at radius 3 is 2.90 bits per heavy atom. The van der Waals surface area contributed by atoms with Gasteiger partial charge >= 0.3 is 6.09 Å². The molecule has 4 aromatic rings. The number of rotatable bonds is 5. The van der Waals surface area contributed by atoms with E-state index in [0.29, 0.717) is 11.3 Å². The zero-order valence-electron chi connectivity index (χ0n) is 16.3. The van der Waals surface area contributed by atoms with E-state index in [1.54, 1.807) is 6.20 Å². The second-order valence-corrected chi connectivity index (χ2v) is 7.76. The van der Waals surface area contributed by atoms with Crippen LogP contribution in [0.5, 0.6) is 5.88 Å². The van der Waals surface area contributed by atoms with Gasteiger partial charge in [-0.05, 0) is 41.1 Å². The topological polar surface area (TPSA) is 107 Å². The van der Waals surface area contributed by atoms with Gasteiger partial charge in [0.05, 0.1) is 21.6 Å². The number of nitrogens with zero attached hydrogens (tertiary/aromatic N) is 5. The van der Waals surface area contributed by atoms with Crippen molar-refractivity contribution >= 4 is 34.3 Å². The predicted octanol–water partition coefficient (Wildman–Crippen LogP) is 2.82. The van der Waals surface area contributed by atoms with Crippen molar-refractivity contribution in [2.45, 2.75) is 20.1 Å². The fourth-order valence-electron chi connectivity index (χ4n) is 3.04. The highest BCUT2D eigenvalue weighted by molar-refractivity contribution is 14.1. The van der Waals surface area contributed by atoms with Gasteiger partial charge in [-0.1, -0.05) is 18.2 Å². The molecule has 0 unspecified atom stereocenters. The van der Waals surface area contributed by atoms with E-state index in [0.717, 1.165) is 26.2 Å². The summed E-state index contributed by atoms with van der Waals surface area (Å²) in [7, 11) is 1.93.